The lowest BCUT2D eigenvalue weighted by molar-refractivity contribution is -0.274. The normalized spacial score (nSPS) is 17.2. The fourth-order valence-electron chi connectivity index (χ4n) is 4.31. The van der Waals surface area contributed by atoms with Crippen molar-refractivity contribution in [1.29, 1.82) is 5.26 Å². The lowest BCUT2D eigenvalue weighted by atomic mass is 10.00. The summed E-state index contributed by atoms with van der Waals surface area (Å²) in [5.41, 5.74) is 1.99. The molecule has 2 aliphatic heterocycles. The molecule has 2 N–H and O–H groups in total. The monoisotopic (exact) mass is 526 g/mol. The Kier molecular flexibility index (Phi) is 6.19. The number of nitrogens with one attached hydrogen (secondary N) is 2. The van der Waals surface area contributed by atoms with Crippen LogP contribution in [0.1, 0.15) is 39.9 Å². The Labute approximate surface area is 212 Å². The molecule has 11 nitrogen and oxygen atoms in total. The minimum absolute atomic E-state index is 0.00567. The van der Waals surface area contributed by atoms with Crippen LogP contribution in [0.2, 0.25) is 0 Å². The molecule has 5 rings (SSSR count). The van der Waals surface area contributed by atoms with E-state index in [1.54, 1.807) is 12.1 Å². The van der Waals surface area contributed by atoms with Crippen molar-refractivity contribution in [2.75, 3.05) is 5.32 Å². The van der Waals surface area contributed by atoms with Crippen LogP contribution in [-0.4, -0.2) is 45.2 Å². The van der Waals surface area contributed by atoms with E-state index in [0.29, 0.717) is 16.7 Å². The quantitative estimate of drug-likeness (QED) is 0.462. The Bertz CT molecular complexity index is 1480. The molecule has 3 amide bonds. The third-order valence-corrected chi connectivity index (χ3v) is 6.04. The van der Waals surface area contributed by atoms with Gasteiger partial charge in [0.1, 0.15) is 11.8 Å². The molecule has 1 unspecified atom stereocenters. The van der Waals surface area contributed by atoms with Crippen molar-refractivity contribution in [3.05, 3.63) is 58.7 Å². The molecule has 1 saturated heterocycles. The zero-order valence-corrected chi connectivity index (χ0v) is 19.3. The molecule has 14 heteroatoms. The number of imide groups is 1. The summed E-state index contributed by atoms with van der Waals surface area (Å²) in [5.74, 6) is -1.69. The van der Waals surface area contributed by atoms with E-state index in [9.17, 15) is 32.8 Å². The molecule has 194 valence electrons. The van der Waals surface area contributed by atoms with Gasteiger partial charge in [0.2, 0.25) is 17.7 Å². The number of benzene rings is 2. The van der Waals surface area contributed by atoms with Gasteiger partial charge in [0, 0.05) is 36.2 Å². The Morgan fingerprint density at radius 3 is 2.63 bits per heavy atom. The number of hydrogen-bond donors (Lipinski definition) is 2. The molecule has 1 atom stereocenters. The van der Waals surface area contributed by atoms with E-state index in [4.69, 9.17) is 4.42 Å². The van der Waals surface area contributed by atoms with Crippen molar-refractivity contribution >= 4 is 23.7 Å². The maximum absolute atomic E-state index is 13.1. The minimum Gasteiger partial charge on any atom is -0.406 e. The molecular formula is C24H17F3N6O5. The van der Waals surface area contributed by atoms with Crippen LogP contribution in [0, 0.1) is 11.3 Å². The third-order valence-electron chi connectivity index (χ3n) is 6.04. The van der Waals surface area contributed by atoms with Crippen LogP contribution in [0.5, 0.6) is 5.75 Å². The molecule has 0 radical (unpaired) electrons. The van der Waals surface area contributed by atoms with E-state index < -0.39 is 35.9 Å². The van der Waals surface area contributed by atoms with E-state index in [0.717, 1.165) is 12.1 Å². The van der Waals surface area contributed by atoms with Gasteiger partial charge < -0.3 is 19.4 Å². The molecule has 38 heavy (non-hydrogen) atoms. The number of ether oxygens (including phenoxy) is 1. The number of anilines is 1. The number of rotatable bonds is 6. The molecule has 1 fully saturated rings. The topological polar surface area (TPSA) is 150 Å². The van der Waals surface area contributed by atoms with Crippen LogP contribution in [0.4, 0.5) is 19.2 Å². The number of amides is 3. The van der Waals surface area contributed by atoms with Crippen LogP contribution in [0.3, 0.4) is 0 Å². The fraction of sp³-hybridized carbons (Fsp3) is 0.250. The van der Waals surface area contributed by atoms with Crippen molar-refractivity contribution in [3.63, 3.8) is 0 Å². The van der Waals surface area contributed by atoms with E-state index in [-0.39, 0.29) is 49.0 Å². The number of carbonyl (C=O) groups is 3. The number of halogens is 3. The van der Waals surface area contributed by atoms with Gasteiger partial charge >= 0.3 is 12.4 Å². The second-order valence-electron chi connectivity index (χ2n) is 8.52. The molecule has 1 aromatic heterocycles. The van der Waals surface area contributed by atoms with Crippen molar-refractivity contribution in [3.8, 4) is 23.3 Å². The van der Waals surface area contributed by atoms with Crippen molar-refractivity contribution in [2.45, 2.75) is 38.3 Å². The lowest BCUT2D eigenvalue weighted by Gasteiger charge is -2.29. The first-order chi connectivity index (χ1) is 18.1. The summed E-state index contributed by atoms with van der Waals surface area (Å²) in [6.45, 7) is 0.185. The molecule has 3 aromatic rings. The first-order valence-electron chi connectivity index (χ1n) is 11.3. The Morgan fingerprint density at radius 2 is 1.95 bits per heavy atom. The molecule has 2 aliphatic rings. The van der Waals surface area contributed by atoms with Crippen LogP contribution >= 0.6 is 0 Å². The SMILES string of the molecule is N#Cc1cc(CNc2nnc(-c3ccc(OC(F)(F)F)cc3)o2)cc2c1CN(C1CCC(=O)NC1=O)C2=O. The highest BCUT2D eigenvalue weighted by molar-refractivity contribution is 6.05. The Hall–Kier alpha value is -4.93. The molecular weight excluding hydrogens is 509 g/mol. The van der Waals surface area contributed by atoms with Gasteiger partial charge in [0.15, 0.2) is 0 Å². The van der Waals surface area contributed by atoms with Crippen molar-refractivity contribution in [1.82, 2.24) is 20.4 Å². The second kappa shape index (κ2) is 9.51. The fourth-order valence-corrected chi connectivity index (χ4v) is 4.31. The molecule has 0 spiro atoms. The number of nitrogens with zero attached hydrogens (tertiary/aromatic N) is 4. The van der Waals surface area contributed by atoms with Gasteiger partial charge in [-0.3, -0.25) is 19.7 Å². The molecule has 2 aromatic carbocycles. The van der Waals surface area contributed by atoms with Crippen molar-refractivity contribution < 1.29 is 36.7 Å². The van der Waals surface area contributed by atoms with Gasteiger partial charge in [-0.25, -0.2) is 0 Å². The van der Waals surface area contributed by atoms with Gasteiger partial charge in [-0.05, 0) is 48.4 Å². The van der Waals surface area contributed by atoms with Crippen LogP contribution in [-0.2, 0) is 22.7 Å². The zero-order valence-electron chi connectivity index (χ0n) is 19.3. The molecule has 0 saturated carbocycles. The maximum Gasteiger partial charge on any atom is 0.573 e. The van der Waals surface area contributed by atoms with E-state index in [2.05, 4.69) is 31.6 Å². The van der Waals surface area contributed by atoms with Gasteiger partial charge in [-0.1, -0.05) is 5.10 Å². The van der Waals surface area contributed by atoms with Gasteiger partial charge in [-0.2, -0.15) is 5.26 Å². The average molecular weight is 526 g/mol. The predicted molar refractivity (Wildman–Crippen MR) is 121 cm³/mol. The Morgan fingerprint density at radius 1 is 1.18 bits per heavy atom. The smallest absolute Gasteiger partial charge is 0.406 e. The summed E-state index contributed by atoms with van der Waals surface area (Å²) in [5, 5.41) is 22.5. The molecule has 3 heterocycles. The number of nitriles is 1. The largest absolute Gasteiger partial charge is 0.573 e. The second-order valence-corrected chi connectivity index (χ2v) is 8.52. The number of fused-ring (bicyclic) bond motifs is 1. The maximum atomic E-state index is 13.1. The van der Waals surface area contributed by atoms with Crippen molar-refractivity contribution in [2.24, 2.45) is 0 Å². The summed E-state index contributed by atoms with van der Waals surface area (Å²) in [6.07, 6.45) is -4.48. The van der Waals surface area contributed by atoms with Gasteiger partial charge in [0.05, 0.1) is 11.6 Å². The van der Waals surface area contributed by atoms with Gasteiger partial charge in [0.25, 0.3) is 5.91 Å². The summed E-state index contributed by atoms with van der Waals surface area (Å²) in [4.78, 5) is 38.2. The summed E-state index contributed by atoms with van der Waals surface area (Å²) < 4.78 is 46.3. The number of carbonyl (C=O) groups excluding carboxylic acids is 3. The van der Waals surface area contributed by atoms with E-state index in [1.165, 1.54) is 17.0 Å². The third kappa shape index (κ3) is 4.99. The first kappa shape index (κ1) is 24.8. The highest BCUT2D eigenvalue weighted by Crippen LogP contribution is 2.31. The average Bonchev–Trinajstić information content (AvgIpc) is 3.47. The van der Waals surface area contributed by atoms with E-state index >= 15 is 0 Å². The minimum atomic E-state index is -4.81. The highest BCUT2D eigenvalue weighted by Gasteiger charge is 2.40. The summed E-state index contributed by atoms with van der Waals surface area (Å²) in [7, 11) is 0. The van der Waals surface area contributed by atoms with Crippen LogP contribution < -0.4 is 15.4 Å². The van der Waals surface area contributed by atoms with Gasteiger partial charge in [-0.15, -0.1) is 18.3 Å². The number of piperidine rings is 1. The number of hydrogen-bond acceptors (Lipinski definition) is 9. The number of aromatic nitrogens is 2. The summed E-state index contributed by atoms with van der Waals surface area (Å²) >= 11 is 0. The first-order valence-corrected chi connectivity index (χ1v) is 11.3. The predicted octanol–water partition coefficient (Wildman–Crippen LogP) is 2.88. The Balaban J connectivity index is 1.28. The standard InChI is InChI=1S/C24H17F3N6O5/c25-24(26,27)38-15-3-1-13(2-4-15)21-31-32-23(37-21)29-10-12-7-14(9-28)17-11-33(22(36)16(17)8-12)18-5-6-19(34)30-20(18)35/h1-4,7-8,18H,5-6,10-11H2,(H,29,32)(H,30,34,35). The zero-order chi connectivity index (χ0) is 27.0. The molecule has 0 aliphatic carbocycles. The van der Waals surface area contributed by atoms with Crippen LogP contribution in [0.15, 0.2) is 40.8 Å². The van der Waals surface area contributed by atoms with E-state index in [1.807, 2.05) is 0 Å². The highest BCUT2D eigenvalue weighted by atomic mass is 19.4. The molecule has 0 bridgehead atoms. The lowest BCUT2D eigenvalue weighted by Crippen LogP contribution is -2.52. The number of alkyl halides is 3. The summed E-state index contributed by atoms with van der Waals surface area (Å²) in [6, 6.07) is 9.38. The van der Waals surface area contributed by atoms with Crippen LogP contribution in [0.25, 0.3) is 11.5 Å².